The molecule has 4 rings (SSSR count). The zero-order valence-corrected chi connectivity index (χ0v) is 12.6. The largest absolute Gasteiger partial charge is 0.504 e. The van der Waals surface area contributed by atoms with Crippen molar-refractivity contribution in [2.75, 3.05) is 13.6 Å². The lowest BCUT2D eigenvalue weighted by Gasteiger charge is -2.58. The smallest absolute Gasteiger partial charge is 0.162 e. The van der Waals surface area contributed by atoms with Crippen molar-refractivity contribution < 1.29 is 20.1 Å². The molecular formula is C17H21NO4. The number of likely N-dealkylation sites (tertiary alicyclic amines) is 1. The molecule has 2 aliphatic carbocycles. The van der Waals surface area contributed by atoms with E-state index in [0.29, 0.717) is 6.42 Å². The molecule has 3 aliphatic rings. The number of piperidine rings is 1. The predicted octanol–water partition coefficient (Wildman–Crippen LogP) is 0.936. The number of nitrogens with zero attached hydrogens (tertiary/aromatic N) is 1. The summed E-state index contributed by atoms with van der Waals surface area (Å²) in [4.78, 5) is 14.5. The van der Waals surface area contributed by atoms with E-state index >= 15 is 0 Å². The van der Waals surface area contributed by atoms with Crippen molar-refractivity contribution in [1.29, 1.82) is 0 Å². The summed E-state index contributed by atoms with van der Waals surface area (Å²) in [6.07, 6.45) is 1.36. The highest BCUT2D eigenvalue weighted by Crippen LogP contribution is 2.58. The first-order chi connectivity index (χ1) is 10.4. The Labute approximate surface area is 129 Å². The van der Waals surface area contributed by atoms with Crippen molar-refractivity contribution in [3.63, 3.8) is 0 Å². The second-order valence-corrected chi connectivity index (χ2v) is 7.13. The Hall–Kier alpha value is -1.59. The van der Waals surface area contributed by atoms with Gasteiger partial charge in [0.25, 0.3) is 0 Å². The van der Waals surface area contributed by atoms with Gasteiger partial charge in [-0.15, -0.1) is 0 Å². The van der Waals surface area contributed by atoms with Crippen molar-refractivity contribution >= 4 is 5.78 Å². The fourth-order valence-electron chi connectivity index (χ4n) is 5.08. The van der Waals surface area contributed by atoms with Gasteiger partial charge in [0, 0.05) is 23.4 Å². The van der Waals surface area contributed by atoms with Crippen LogP contribution >= 0.6 is 0 Å². The standard InChI is InChI=1S/C17H21NO4/c1-18-5-4-17-8-14(21)13(20)7-10(17)11(18)6-9-2-3-12(19)16(22)15(9)17/h2-3,10-11,13,19-20,22H,4-8H2,1H3. The van der Waals surface area contributed by atoms with Crippen LogP contribution in [0.4, 0.5) is 0 Å². The normalized spacial score (nSPS) is 37.5. The molecule has 2 bridgehead atoms. The van der Waals surface area contributed by atoms with E-state index in [4.69, 9.17) is 0 Å². The minimum absolute atomic E-state index is 0.0744. The third kappa shape index (κ3) is 1.64. The molecule has 0 amide bonds. The lowest BCUT2D eigenvalue weighted by molar-refractivity contribution is -0.139. The van der Waals surface area contributed by atoms with Crippen molar-refractivity contribution in [2.45, 2.75) is 43.2 Å². The number of ketones is 1. The lowest BCUT2D eigenvalue weighted by atomic mass is 9.51. The molecule has 1 aliphatic heterocycles. The van der Waals surface area contributed by atoms with Crippen LogP contribution in [0.2, 0.25) is 0 Å². The fraction of sp³-hybridized carbons (Fsp3) is 0.588. The van der Waals surface area contributed by atoms with Gasteiger partial charge in [-0.05, 0) is 50.4 Å². The molecular weight excluding hydrogens is 282 g/mol. The summed E-state index contributed by atoms with van der Waals surface area (Å²) < 4.78 is 0. The van der Waals surface area contributed by atoms with Crippen LogP contribution < -0.4 is 0 Å². The van der Waals surface area contributed by atoms with Gasteiger partial charge in [0.2, 0.25) is 0 Å². The molecule has 2 fully saturated rings. The van der Waals surface area contributed by atoms with Crippen molar-refractivity contribution in [1.82, 2.24) is 4.90 Å². The van der Waals surface area contributed by atoms with E-state index in [2.05, 4.69) is 11.9 Å². The molecule has 1 aromatic carbocycles. The third-order valence-corrected chi connectivity index (χ3v) is 6.16. The summed E-state index contributed by atoms with van der Waals surface area (Å²) in [6, 6.07) is 3.66. The minimum Gasteiger partial charge on any atom is -0.504 e. The Balaban J connectivity index is 1.95. The topological polar surface area (TPSA) is 81.0 Å². The third-order valence-electron chi connectivity index (χ3n) is 6.16. The van der Waals surface area contributed by atoms with Gasteiger partial charge in [0.15, 0.2) is 17.3 Å². The first kappa shape index (κ1) is 14.0. The van der Waals surface area contributed by atoms with Crippen LogP contribution in [-0.2, 0) is 16.6 Å². The van der Waals surface area contributed by atoms with Gasteiger partial charge in [-0.1, -0.05) is 6.07 Å². The molecule has 1 saturated carbocycles. The molecule has 5 heteroatoms. The van der Waals surface area contributed by atoms with E-state index in [9.17, 15) is 20.1 Å². The quantitative estimate of drug-likeness (QED) is 0.621. The average molecular weight is 303 g/mol. The number of hydrogen-bond acceptors (Lipinski definition) is 5. The first-order valence-corrected chi connectivity index (χ1v) is 7.89. The average Bonchev–Trinajstić information content (AvgIpc) is 2.48. The number of aliphatic hydroxyl groups is 1. The highest BCUT2D eigenvalue weighted by molar-refractivity contribution is 5.86. The summed E-state index contributed by atoms with van der Waals surface area (Å²) in [7, 11) is 2.09. The molecule has 1 heterocycles. The van der Waals surface area contributed by atoms with Gasteiger partial charge in [0.05, 0.1) is 0 Å². The number of phenolic OH excluding ortho intramolecular Hbond substituents is 2. The maximum absolute atomic E-state index is 12.2. The second-order valence-electron chi connectivity index (χ2n) is 7.13. The zero-order valence-electron chi connectivity index (χ0n) is 12.6. The summed E-state index contributed by atoms with van der Waals surface area (Å²) in [5.41, 5.74) is 1.33. The number of rotatable bonds is 0. The van der Waals surface area contributed by atoms with Crippen molar-refractivity contribution in [3.8, 4) is 11.5 Å². The number of likely N-dealkylation sites (N-methyl/N-ethyl adjacent to an activating group) is 1. The predicted molar refractivity (Wildman–Crippen MR) is 79.9 cm³/mol. The maximum atomic E-state index is 12.2. The van der Waals surface area contributed by atoms with Gasteiger partial charge in [-0.25, -0.2) is 0 Å². The zero-order chi connectivity index (χ0) is 15.6. The number of hydrogen-bond donors (Lipinski definition) is 3. The van der Waals surface area contributed by atoms with Gasteiger partial charge in [-0.2, -0.15) is 0 Å². The van der Waals surface area contributed by atoms with Crippen LogP contribution in [0.3, 0.4) is 0 Å². The minimum atomic E-state index is -0.895. The summed E-state index contributed by atoms with van der Waals surface area (Å²) in [5, 5.41) is 30.5. The van der Waals surface area contributed by atoms with Gasteiger partial charge >= 0.3 is 0 Å². The molecule has 1 aromatic rings. The second kappa shape index (κ2) is 4.46. The highest BCUT2D eigenvalue weighted by atomic mass is 16.3. The number of carbonyl (C=O) groups is 1. The Morgan fingerprint density at radius 1 is 1.32 bits per heavy atom. The number of fused-ring (bicyclic) bond motifs is 1. The Bertz CT molecular complexity index is 658. The van der Waals surface area contributed by atoms with Crippen LogP contribution in [0.5, 0.6) is 11.5 Å². The maximum Gasteiger partial charge on any atom is 0.162 e. The Morgan fingerprint density at radius 2 is 2.09 bits per heavy atom. The number of phenols is 2. The van der Waals surface area contributed by atoms with Crippen LogP contribution in [-0.4, -0.2) is 51.7 Å². The van der Waals surface area contributed by atoms with Crippen LogP contribution in [0.1, 0.15) is 30.4 Å². The van der Waals surface area contributed by atoms with Crippen molar-refractivity contribution in [3.05, 3.63) is 23.3 Å². The van der Waals surface area contributed by atoms with E-state index in [1.54, 1.807) is 0 Å². The van der Waals surface area contributed by atoms with Crippen LogP contribution in [0.25, 0.3) is 0 Å². The number of aliphatic hydroxyl groups excluding tert-OH is 1. The Kier molecular flexibility index (Phi) is 2.84. The summed E-state index contributed by atoms with van der Waals surface area (Å²) in [5.74, 6) is -0.202. The highest BCUT2D eigenvalue weighted by Gasteiger charge is 2.58. The summed E-state index contributed by atoms with van der Waals surface area (Å²) >= 11 is 0. The van der Waals surface area contributed by atoms with Crippen molar-refractivity contribution in [2.24, 2.45) is 5.92 Å². The van der Waals surface area contributed by atoms with E-state index in [1.165, 1.54) is 6.07 Å². The van der Waals surface area contributed by atoms with Gasteiger partial charge < -0.3 is 20.2 Å². The molecule has 5 nitrogen and oxygen atoms in total. The molecule has 3 N–H and O–H groups in total. The molecule has 0 aromatic heterocycles. The first-order valence-electron chi connectivity index (χ1n) is 7.89. The molecule has 0 radical (unpaired) electrons. The van der Waals surface area contributed by atoms with E-state index in [-0.39, 0.29) is 35.7 Å². The molecule has 4 unspecified atom stereocenters. The molecule has 4 atom stereocenters. The number of aromatic hydroxyl groups is 2. The van der Waals surface area contributed by atoms with Crippen LogP contribution in [0.15, 0.2) is 12.1 Å². The molecule has 1 saturated heterocycles. The molecule has 22 heavy (non-hydrogen) atoms. The van der Waals surface area contributed by atoms with E-state index in [1.807, 2.05) is 6.07 Å². The molecule has 0 spiro atoms. The Morgan fingerprint density at radius 3 is 2.86 bits per heavy atom. The lowest BCUT2D eigenvalue weighted by Crippen LogP contribution is -2.62. The van der Waals surface area contributed by atoms with Gasteiger partial charge in [0.1, 0.15) is 6.10 Å². The number of Topliss-reactive ketones (excluding diaryl/α,β-unsaturated/α-hetero) is 1. The number of carbonyl (C=O) groups excluding carboxylic acids is 1. The fourth-order valence-corrected chi connectivity index (χ4v) is 5.08. The summed E-state index contributed by atoms with van der Waals surface area (Å²) in [6.45, 7) is 0.860. The van der Waals surface area contributed by atoms with Crippen LogP contribution in [0, 0.1) is 5.92 Å². The van der Waals surface area contributed by atoms with E-state index < -0.39 is 11.5 Å². The molecule has 118 valence electrons. The SMILES string of the molecule is CN1CCC23CC(=O)C(O)CC2C1Cc1ccc(O)c(O)c13. The van der Waals surface area contributed by atoms with E-state index in [0.717, 1.165) is 30.5 Å². The van der Waals surface area contributed by atoms with Gasteiger partial charge in [-0.3, -0.25) is 4.79 Å². The number of benzene rings is 1. The monoisotopic (exact) mass is 303 g/mol.